The van der Waals surface area contributed by atoms with Crippen LogP contribution < -0.4 is 0 Å². The fourth-order valence-corrected chi connectivity index (χ4v) is 1.29. The number of aliphatic hydroxyl groups excluding tert-OH is 1. The first-order chi connectivity index (χ1) is 8.21. The molecule has 0 spiro atoms. The van der Waals surface area contributed by atoms with E-state index in [-0.39, 0.29) is 5.56 Å². The van der Waals surface area contributed by atoms with Gasteiger partial charge in [0.2, 0.25) is 0 Å². The molecule has 0 heterocycles. The highest BCUT2D eigenvalue weighted by atomic mass is 19.4. The van der Waals surface area contributed by atoms with Crippen molar-refractivity contribution in [3.05, 3.63) is 35.4 Å². The van der Waals surface area contributed by atoms with E-state index in [0.717, 1.165) is 24.3 Å². The molecule has 0 aliphatic carbocycles. The van der Waals surface area contributed by atoms with E-state index < -0.39 is 29.9 Å². The molecule has 1 atom stereocenters. The topological polar surface area (TPSA) is 46.5 Å². The van der Waals surface area contributed by atoms with Gasteiger partial charge in [0.1, 0.15) is 0 Å². The van der Waals surface area contributed by atoms with Gasteiger partial charge < -0.3 is 9.84 Å². The average molecular weight is 262 g/mol. The maximum Gasteiger partial charge on any atom is 0.416 e. The van der Waals surface area contributed by atoms with Gasteiger partial charge >= 0.3 is 12.1 Å². The third-order valence-electron chi connectivity index (χ3n) is 2.13. The van der Waals surface area contributed by atoms with Crippen molar-refractivity contribution < 1.29 is 27.8 Å². The molecule has 1 rings (SSSR count). The van der Waals surface area contributed by atoms with Gasteiger partial charge in [0, 0.05) is 0 Å². The molecule has 0 bridgehead atoms. The van der Waals surface area contributed by atoms with Crippen molar-refractivity contribution in [1.82, 2.24) is 0 Å². The summed E-state index contributed by atoms with van der Waals surface area (Å²) >= 11 is 0. The second-order valence-electron chi connectivity index (χ2n) is 4.01. The summed E-state index contributed by atoms with van der Waals surface area (Å²) in [6, 6.07) is 3.71. The number of rotatable bonds is 3. The first kappa shape index (κ1) is 14.5. The van der Waals surface area contributed by atoms with Crippen molar-refractivity contribution in [2.45, 2.75) is 32.2 Å². The molecule has 6 heteroatoms. The maximum absolute atomic E-state index is 12.3. The highest BCUT2D eigenvalue weighted by Crippen LogP contribution is 2.30. The summed E-state index contributed by atoms with van der Waals surface area (Å²) in [5, 5.41) is 9.58. The molecule has 18 heavy (non-hydrogen) atoms. The second-order valence-corrected chi connectivity index (χ2v) is 4.01. The lowest BCUT2D eigenvalue weighted by Crippen LogP contribution is -2.19. The Hall–Kier alpha value is -1.56. The van der Waals surface area contributed by atoms with Crippen LogP contribution >= 0.6 is 0 Å². The van der Waals surface area contributed by atoms with E-state index in [4.69, 9.17) is 4.74 Å². The van der Waals surface area contributed by atoms with Gasteiger partial charge in [-0.3, -0.25) is 0 Å². The molecule has 0 aliphatic heterocycles. The van der Waals surface area contributed by atoms with Crippen LogP contribution in [0.15, 0.2) is 24.3 Å². The van der Waals surface area contributed by atoms with E-state index in [1.807, 2.05) is 0 Å². The molecule has 0 aromatic heterocycles. The van der Waals surface area contributed by atoms with Crippen LogP contribution in [0.5, 0.6) is 0 Å². The summed E-state index contributed by atoms with van der Waals surface area (Å²) in [6.07, 6.45) is -6.42. The second kappa shape index (κ2) is 5.39. The predicted molar refractivity (Wildman–Crippen MR) is 57.6 cm³/mol. The molecule has 3 nitrogen and oxygen atoms in total. The molecule has 0 unspecified atom stereocenters. The third-order valence-corrected chi connectivity index (χ3v) is 2.13. The van der Waals surface area contributed by atoms with Gasteiger partial charge in [-0.25, -0.2) is 4.79 Å². The van der Waals surface area contributed by atoms with E-state index >= 15 is 0 Å². The molecule has 0 radical (unpaired) electrons. The van der Waals surface area contributed by atoms with Crippen LogP contribution in [-0.4, -0.2) is 17.2 Å². The Morgan fingerprint density at radius 1 is 1.22 bits per heavy atom. The fourth-order valence-electron chi connectivity index (χ4n) is 1.29. The normalized spacial score (nSPS) is 13.5. The van der Waals surface area contributed by atoms with E-state index in [1.165, 1.54) is 0 Å². The van der Waals surface area contributed by atoms with Crippen molar-refractivity contribution in [3.8, 4) is 0 Å². The summed E-state index contributed by atoms with van der Waals surface area (Å²) in [6.45, 7) is 3.22. The van der Waals surface area contributed by atoms with E-state index in [2.05, 4.69) is 0 Å². The zero-order valence-corrected chi connectivity index (χ0v) is 9.86. The minimum absolute atomic E-state index is 0.0636. The van der Waals surface area contributed by atoms with Crippen molar-refractivity contribution >= 4 is 5.97 Å². The lowest BCUT2D eigenvalue weighted by atomic mass is 10.1. The fraction of sp³-hybridized carbons (Fsp3) is 0.417. The summed E-state index contributed by atoms with van der Waals surface area (Å²) in [5.41, 5.74) is -0.774. The number of alkyl halides is 3. The highest BCUT2D eigenvalue weighted by molar-refractivity contribution is 5.76. The molecule has 1 N–H and O–H groups in total. The van der Waals surface area contributed by atoms with Crippen molar-refractivity contribution in [2.75, 3.05) is 0 Å². The number of aliphatic hydroxyl groups is 1. The van der Waals surface area contributed by atoms with Gasteiger partial charge in [-0.2, -0.15) is 13.2 Å². The first-order valence-corrected chi connectivity index (χ1v) is 5.27. The Bertz CT molecular complexity index is 410. The van der Waals surface area contributed by atoms with Crippen molar-refractivity contribution in [2.24, 2.45) is 0 Å². The number of hydrogen-bond donors (Lipinski definition) is 1. The summed E-state index contributed by atoms with van der Waals surface area (Å²) in [7, 11) is 0. The van der Waals surface area contributed by atoms with Crippen LogP contribution in [0.1, 0.15) is 31.1 Å². The standard InChI is InChI=1S/C12H13F3O3/c1-7(2)18-11(17)10(16)8-3-5-9(6-4-8)12(13,14)15/h3-7,10,16H,1-2H3/t10-/m1/s1. The lowest BCUT2D eigenvalue weighted by molar-refractivity contribution is -0.157. The van der Waals surface area contributed by atoms with Crippen LogP contribution in [0, 0.1) is 0 Å². The predicted octanol–water partition coefficient (Wildman–Crippen LogP) is 2.69. The van der Waals surface area contributed by atoms with E-state index in [1.54, 1.807) is 13.8 Å². The van der Waals surface area contributed by atoms with Gasteiger partial charge in [0.05, 0.1) is 11.7 Å². The van der Waals surface area contributed by atoms with Gasteiger partial charge in [0.25, 0.3) is 0 Å². The lowest BCUT2D eigenvalue weighted by Gasteiger charge is -2.14. The first-order valence-electron chi connectivity index (χ1n) is 5.27. The molecule has 1 aromatic rings. The molecule has 100 valence electrons. The Morgan fingerprint density at radius 2 is 1.72 bits per heavy atom. The van der Waals surface area contributed by atoms with Gasteiger partial charge in [-0.15, -0.1) is 0 Å². The summed E-state index contributed by atoms with van der Waals surface area (Å²) < 4.78 is 41.6. The van der Waals surface area contributed by atoms with Crippen molar-refractivity contribution in [1.29, 1.82) is 0 Å². The van der Waals surface area contributed by atoms with Crippen molar-refractivity contribution in [3.63, 3.8) is 0 Å². The Morgan fingerprint density at radius 3 is 2.11 bits per heavy atom. The Labute approximate surface area is 102 Å². The number of hydrogen-bond acceptors (Lipinski definition) is 3. The molecule has 0 amide bonds. The van der Waals surface area contributed by atoms with Crippen LogP contribution in [0.4, 0.5) is 13.2 Å². The molecule has 0 saturated heterocycles. The number of ether oxygens (including phenoxy) is 1. The largest absolute Gasteiger partial charge is 0.461 e. The SMILES string of the molecule is CC(C)OC(=O)[C@H](O)c1ccc(C(F)(F)F)cc1. The zero-order chi connectivity index (χ0) is 13.9. The number of carbonyl (C=O) groups excluding carboxylic acids is 1. The smallest absolute Gasteiger partial charge is 0.416 e. The minimum atomic E-state index is -4.44. The number of halogens is 3. The van der Waals surface area contributed by atoms with Gasteiger partial charge in [0.15, 0.2) is 6.10 Å². The average Bonchev–Trinajstić information content (AvgIpc) is 2.26. The zero-order valence-electron chi connectivity index (χ0n) is 9.86. The Balaban J connectivity index is 2.82. The Kier molecular flexibility index (Phi) is 4.34. The van der Waals surface area contributed by atoms with E-state index in [9.17, 15) is 23.1 Å². The monoisotopic (exact) mass is 262 g/mol. The maximum atomic E-state index is 12.3. The van der Waals surface area contributed by atoms with Crippen LogP contribution in [0.3, 0.4) is 0 Å². The molecule has 0 fully saturated rings. The van der Waals surface area contributed by atoms with Gasteiger partial charge in [-0.05, 0) is 31.5 Å². The van der Waals surface area contributed by atoms with E-state index in [0.29, 0.717) is 0 Å². The van der Waals surface area contributed by atoms with Crippen LogP contribution in [0.25, 0.3) is 0 Å². The van der Waals surface area contributed by atoms with Gasteiger partial charge in [-0.1, -0.05) is 12.1 Å². The molecule has 0 aliphatic rings. The van der Waals surface area contributed by atoms with Crippen LogP contribution in [-0.2, 0) is 15.7 Å². The quantitative estimate of drug-likeness (QED) is 0.852. The molecular formula is C12H13F3O3. The molecule has 1 aromatic carbocycles. The number of benzene rings is 1. The third kappa shape index (κ3) is 3.73. The minimum Gasteiger partial charge on any atom is -0.461 e. The highest BCUT2D eigenvalue weighted by Gasteiger charge is 2.30. The van der Waals surface area contributed by atoms with Crippen LogP contribution in [0.2, 0.25) is 0 Å². The number of carbonyl (C=O) groups is 1. The molecule has 0 saturated carbocycles. The number of esters is 1. The molecular weight excluding hydrogens is 249 g/mol. The summed E-state index contributed by atoms with van der Waals surface area (Å²) in [4.78, 5) is 11.3. The summed E-state index contributed by atoms with van der Waals surface area (Å²) in [5.74, 6) is -0.884.